The van der Waals surface area contributed by atoms with Gasteiger partial charge in [0.15, 0.2) is 5.58 Å². The first-order chi connectivity index (χ1) is 26.8. The maximum Gasteiger partial charge on any atom is 0.227 e. The molecule has 0 unspecified atom stereocenters. The zero-order chi connectivity index (χ0) is 37.3. The molecular weight excluding hydrogens is 669 g/mol. The van der Waals surface area contributed by atoms with Gasteiger partial charge in [-0.25, -0.2) is 4.98 Å². The lowest BCUT2D eigenvalue weighted by atomic mass is 9.82. The van der Waals surface area contributed by atoms with E-state index in [1.807, 2.05) is 30.3 Å². The molecule has 1 heterocycles. The van der Waals surface area contributed by atoms with Crippen molar-refractivity contribution in [1.82, 2.24) is 4.98 Å². The number of benzene rings is 8. The average molecular weight is 709 g/mol. The molecule has 55 heavy (non-hydrogen) atoms. The molecule has 0 atom stereocenters. The van der Waals surface area contributed by atoms with Crippen molar-refractivity contribution in [3.8, 4) is 44.8 Å². The Kier molecular flexibility index (Phi) is 7.60. The number of hydrogen-bond acceptors (Lipinski definition) is 3. The van der Waals surface area contributed by atoms with Crippen molar-refractivity contribution in [2.24, 2.45) is 0 Å². The number of aromatic nitrogens is 1. The summed E-state index contributed by atoms with van der Waals surface area (Å²) in [6, 6.07) is 61.3. The molecule has 0 amide bonds. The van der Waals surface area contributed by atoms with Gasteiger partial charge in [-0.15, -0.1) is 0 Å². The van der Waals surface area contributed by atoms with Crippen LogP contribution in [0.1, 0.15) is 36.1 Å². The fourth-order valence-corrected chi connectivity index (χ4v) is 8.59. The first kappa shape index (κ1) is 32.9. The monoisotopic (exact) mass is 708 g/mol. The van der Waals surface area contributed by atoms with E-state index in [1.165, 1.54) is 44.5 Å². The zero-order valence-corrected chi connectivity index (χ0v) is 31.5. The van der Waals surface area contributed by atoms with Gasteiger partial charge >= 0.3 is 0 Å². The summed E-state index contributed by atoms with van der Waals surface area (Å²) in [6.07, 6.45) is 0. The fourth-order valence-electron chi connectivity index (χ4n) is 8.59. The summed E-state index contributed by atoms with van der Waals surface area (Å²) in [7, 11) is 0. The van der Waals surface area contributed by atoms with Gasteiger partial charge in [0, 0.05) is 33.4 Å². The Balaban J connectivity index is 1.06. The molecule has 3 nitrogen and oxygen atoms in total. The van der Waals surface area contributed by atoms with E-state index in [4.69, 9.17) is 9.40 Å². The smallest absolute Gasteiger partial charge is 0.227 e. The number of nitrogens with zero attached hydrogens (tertiary/aromatic N) is 2. The number of fused-ring (bicyclic) bond motifs is 6. The molecule has 10 rings (SSSR count). The van der Waals surface area contributed by atoms with Crippen LogP contribution in [0.4, 0.5) is 17.1 Å². The second-order valence-electron chi connectivity index (χ2n) is 15.3. The average Bonchev–Trinajstić information content (AvgIpc) is 3.76. The highest BCUT2D eigenvalue weighted by molar-refractivity contribution is 6.05. The topological polar surface area (TPSA) is 29.3 Å². The summed E-state index contributed by atoms with van der Waals surface area (Å²) in [5.41, 5.74) is 18.7. The van der Waals surface area contributed by atoms with E-state index in [2.05, 4.69) is 172 Å². The minimum atomic E-state index is -0.104. The van der Waals surface area contributed by atoms with Crippen LogP contribution in [0.15, 0.2) is 174 Å². The Hall–Kier alpha value is -6.71. The lowest BCUT2D eigenvalue weighted by molar-refractivity contribution is 0.623. The normalized spacial score (nSPS) is 12.9. The van der Waals surface area contributed by atoms with E-state index in [1.54, 1.807) is 0 Å². The predicted octanol–water partition coefficient (Wildman–Crippen LogP) is 14.4. The minimum absolute atomic E-state index is 0.104. The molecule has 0 saturated carbocycles. The SMILES string of the molecule is Cc1ccccc1-c1cc(N(c2ccc(-c3ccc4c(ccc5nc(-c6ccccc6)oc54)c3)cc2)c2ccc3c(c2)C(C)(C)c2ccccc2-3)ccc1C. The second-order valence-corrected chi connectivity index (χ2v) is 15.3. The Morgan fingerprint density at radius 2 is 1.13 bits per heavy atom. The van der Waals surface area contributed by atoms with Gasteiger partial charge < -0.3 is 9.32 Å². The van der Waals surface area contributed by atoms with Crippen LogP contribution in [0.25, 0.3) is 66.7 Å². The van der Waals surface area contributed by atoms with Crippen molar-refractivity contribution in [2.75, 3.05) is 4.90 Å². The van der Waals surface area contributed by atoms with E-state index >= 15 is 0 Å². The van der Waals surface area contributed by atoms with Crippen molar-refractivity contribution >= 4 is 38.9 Å². The van der Waals surface area contributed by atoms with Crippen LogP contribution in [0.3, 0.4) is 0 Å². The molecule has 0 saturated heterocycles. The van der Waals surface area contributed by atoms with Crippen molar-refractivity contribution in [3.05, 3.63) is 192 Å². The first-order valence-corrected chi connectivity index (χ1v) is 19.0. The van der Waals surface area contributed by atoms with Gasteiger partial charge in [0.05, 0.1) is 0 Å². The summed E-state index contributed by atoms with van der Waals surface area (Å²) in [6.45, 7) is 9.10. The molecule has 8 aromatic carbocycles. The molecule has 0 aliphatic heterocycles. The highest BCUT2D eigenvalue weighted by atomic mass is 16.3. The summed E-state index contributed by atoms with van der Waals surface area (Å²) < 4.78 is 6.33. The predicted molar refractivity (Wildman–Crippen MR) is 230 cm³/mol. The molecule has 0 spiro atoms. The molecule has 0 radical (unpaired) electrons. The van der Waals surface area contributed by atoms with Gasteiger partial charge in [-0.3, -0.25) is 0 Å². The van der Waals surface area contributed by atoms with E-state index in [9.17, 15) is 0 Å². The molecule has 1 aliphatic rings. The molecular formula is C52H40N2O. The number of oxazole rings is 1. The van der Waals surface area contributed by atoms with Gasteiger partial charge in [-0.05, 0) is 142 Å². The van der Waals surface area contributed by atoms with E-state index < -0.39 is 0 Å². The third-order valence-corrected chi connectivity index (χ3v) is 11.6. The molecule has 0 N–H and O–H groups in total. The third kappa shape index (κ3) is 5.46. The summed E-state index contributed by atoms with van der Waals surface area (Å²) in [5, 5.41) is 2.18. The van der Waals surface area contributed by atoms with Crippen molar-refractivity contribution in [1.29, 1.82) is 0 Å². The number of anilines is 3. The standard InChI is InChI=1S/C52H40N2O/c1-33-12-8-9-15-42(33)46-31-40(23-18-34(46)2)54(41-26-28-45-44-16-10-11-17-47(44)52(3,4)48(45)32-41)39-24-19-35(20-25-39)37-21-27-43-38(30-37)22-29-49-50(43)55-51(53-49)36-13-6-5-7-14-36/h5-32H,1-4H3. The molecule has 1 aliphatic carbocycles. The maximum atomic E-state index is 6.33. The van der Waals surface area contributed by atoms with E-state index in [0.717, 1.165) is 55.6 Å². The molecule has 0 bridgehead atoms. The quantitative estimate of drug-likeness (QED) is 0.172. The van der Waals surface area contributed by atoms with Crippen molar-refractivity contribution in [3.63, 3.8) is 0 Å². The number of rotatable bonds is 6. The van der Waals surface area contributed by atoms with Crippen LogP contribution in [0.5, 0.6) is 0 Å². The highest BCUT2D eigenvalue weighted by Gasteiger charge is 2.35. The maximum absolute atomic E-state index is 6.33. The lowest BCUT2D eigenvalue weighted by Crippen LogP contribution is -2.16. The van der Waals surface area contributed by atoms with E-state index in [-0.39, 0.29) is 5.41 Å². The molecule has 264 valence electrons. The second kappa shape index (κ2) is 12.7. The number of hydrogen-bond donors (Lipinski definition) is 0. The van der Waals surface area contributed by atoms with Crippen molar-refractivity contribution < 1.29 is 4.42 Å². The molecule has 9 aromatic rings. The number of aryl methyl sites for hydroxylation is 2. The largest absolute Gasteiger partial charge is 0.435 e. The van der Waals surface area contributed by atoms with Gasteiger partial charge in [0.1, 0.15) is 5.52 Å². The van der Waals surface area contributed by atoms with Crippen LogP contribution in [0.2, 0.25) is 0 Å². The summed E-state index contributed by atoms with van der Waals surface area (Å²) in [4.78, 5) is 7.20. The fraction of sp³-hybridized carbons (Fsp3) is 0.0962. The van der Waals surface area contributed by atoms with E-state index in [0.29, 0.717) is 5.89 Å². The van der Waals surface area contributed by atoms with Crippen LogP contribution in [-0.2, 0) is 5.41 Å². The molecule has 0 fully saturated rings. The van der Waals surface area contributed by atoms with Gasteiger partial charge in [-0.1, -0.05) is 117 Å². The van der Waals surface area contributed by atoms with Gasteiger partial charge in [0.25, 0.3) is 0 Å². The molecule has 1 aromatic heterocycles. The van der Waals surface area contributed by atoms with Crippen LogP contribution in [0, 0.1) is 13.8 Å². The van der Waals surface area contributed by atoms with Crippen LogP contribution in [-0.4, -0.2) is 4.98 Å². The van der Waals surface area contributed by atoms with Gasteiger partial charge in [0.2, 0.25) is 5.89 Å². The van der Waals surface area contributed by atoms with Gasteiger partial charge in [-0.2, -0.15) is 0 Å². The Morgan fingerprint density at radius 3 is 1.95 bits per heavy atom. The summed E-state index contributed by atoms with van der Waals surface area (Å²) in [5.74, 6) is 0.642. The molecule has 3 heteroatoms. The summed E-state index contributed by atoms with van der Waals surface area (Å²) >= 11 is 0. The van der Waals surface area contributed by atoms with Crippen LogP contribution < -0.4 is 4.90 Å². The lowest BCUT2D eigenvalue weighted by Gasteiger charge is -2.29. The first-order valence-electron chi connectivity index (χ1n) is 19.0. The van der Waals surface area contributed by atoms with Crippen LogP contribution >= 0.6 is 0 Å². The van der Waals surface area contributed by atoms with Crippen molar-refractivity contribution in [2.45, 2.75) is 33.1 Å². The third-order valence-electron chi connectivity index (χ3n) is 11.6. The zero-order valence-electron chi connectivity index (χ0n) is 31.5. The Morgan fingerprint density at radius 1 is 0.473 bits per heavy atom. The Bertz CT molecular complexity index is 2920. The Labute approximate surface area is 322 Å². The highest BCUT2D eigenvalue weighted by Crippen LogP contribution is 2.51. The minimum Gasteiger partial charge on any atom is -0.435 e.